The number of esters is 1. The van der Waals surface area contributed by atoms with Gasteiger partial charge >= 0.3 is 24.5 Å². The van der Waals surface area contributed by atoms with E-state index in [1.165, 1.54) is 50.9 Å². The van der Waals surface area contributed by atoms with Crippen molar-refractivity contribution in [3.05, 3.63) is 93.6 Å². The number of rotatable bonds is 7. The highest BCUT2D eigenvalue weighted by Crippen LogP contribution is 2.42. The third kappa shape index (κ3) is 11.0. The molecule has 4 rings (SSSR count). The molecule has 1 atom stereocenters. The molecule has 0 radical (unpaired) electrons. The zero-order valence-corrected chi connectivity index (χ0v) is 28.1. The molecule has 0 aliphatic carbocycles. The summed E-state index contributed by atoms with van der Waals surface area (Å²) >= 11 is 0. The second-order valence-electron chi connectivity index (χ2n) is 11.8. The molecular weight excluding hydrogens is 699 g/mol. The number of phenolic OH excluding ortho intramolecular Hbond substituents is 1. The number of ether oxygens (including phenoxy) is 1. The molecule has 0 saturated carbocycles. The molecule has 1 unspecified atom stereocenters. The first-order valence-electron chi connectivity index (χ1n) is 15.1. The molecule has 1 aliphatic rings. The molecule has 1 aliphatic heterocycles. The minimum absolute atomic E-state index is 0.00629. The molecular formula is C33H35F9N6O3. The van der Waals surface area contributed by atoms with Gasteiger partial charge in [-0.2, -0.15) is 44.3 Å². The van der Waals surface area contributed by atoms with E-state index < -0.39 is 41.2 Å². The first kappa shape index (κ1) is 40.4. The monoisotopic (exact) mass is 734 g/mol. The van der Waals surface area contributed by atoms with Crippen molar-refractivity contribution < 1.29 is 54.2 Å². The summed E-state index contributed by atoms with van der Waals surface area (Å²) in [5.41, 5.74) is -1.48. The number of nitrogens with one attached hydrogen (secondary N) is 1. The molecule has 0 saturated heterocycles. The molecule has 278 valence electrons. The maximum atomic E-state index is 13.8. The molecule has 51 heavy (non-hydrogen) atoms. The zero-order valence-electron chi connectivity index (χ0n) is 28.1. The highest BCUT2D eigenvalue weighted by Gasteiger charge is 2.37. The molecule has 0 amide bonds. The van der Waals surface area contributed by atoms with Gasteiger partial charge < -0.3 is 20.1 Å². The number of benzene rings is 2. The van der Waals surface area contributed by atoms with Crippen molar-refractivity contribution in [2.75, 3.05) is 23.9 Å². The summed E-state index contributed by atoms with van der Waals surface area (Å²) in [4.78, 5) is 15.1. The lowest BCUT2D eigenvalue weighted by Gasteiger charge is -2.28. The number of allylic oxidation sites excluding steroid dienone is 5. The average molecular weight is 735 g/mol. The number of aryl methyl sites for hydroxylation is 2. The fourth-order valence-corrected chi connectivity index (χ4v) is 5.11. The smallest absolute Gasteiger partial charge is 0.416 e. The SMILES string of the molecule is C=C(/C=C(\C=C(C)C)C(F)(F)F)C(F)(F)F.COC(=O)c1cc(CN2CCCC(Nc3nnn(C)n3)c3cc(C)c(C(F)(F)F)cc32)ccc1O. The summed E-state index contributed by atoms with van der Waals surface area (Å²) < 4.78 is 119. The fourth-order valence-electron chi connectivity index (χ4n) is 5.11. The van der Waals surface area contributed by atoms with Gasteiger partial charge in [0.05, 0.1) is 31.3 Å². The Kier molecular flexibility index (Phi) is 12.6. The number of aromatic nitrogens is 4. The van der Waals surface area contributed by atoms with E-state index in [2.05, 4.69) is 27.3 Å². The van der Waals surface area contributed by atoms with Crippen LogP contribution in [-0.4, -0.2) is 57.3 Å². The normalized spacial score (nSPS) is 15.2. The number of methoxy groups -OCH3 is 1. The van der Waals surface area contributed by atoms with Crippen LogP contribution in [0.5, 0.6) is 5.75 Å². The van der Waals surface area contributed by atoms with Crippen LogP contribution < -0.4 is 10.2 Å². The number of carbonyl (C=O) groups is 1. The number of alkyl halides is 9. The second-order valence-corrected chi connectivity index (χ2v) is 11.8. The molecule has 18 heteroatoms. The van der Waals surface area contributed by atoms with E-state index in [9.17, 15) is 49.4 Å². The molecule has 2 N–H and O–H groups in total. The van der Waals surface area contributed by atoms with Crippen molar-refractivity contribution in [1.29, 1.82) is 0 Å². The van der Waals surface area contributed by atoms with Crippen LogP contribution in [-0.2, 0) is 24.5 Å². The number of halogens is 9. The molecule has 0 fully saturated rings. The topological polar surface area (TPSA) is 105 Å². The summed E-state index contributed by atoms with van der Waals surface area (Å²) in [6.07, 6.45) is -12.3. The van der Waals surface area contributed by atoms with E-state index in [0.717, 1.165) is 0 Å². The lowest BCUT2D eigenvalue weighted by atomic mass is 9.96. The Balaban J connectivity index is 0.000000371. The molecule has 1 aromatic heterocycles. The first-order chi connectivity index (χ1) is 23.5. The van der Waals surface area contributed by atoms with Crippen LogP contribution in [0.4, 0.5) is 51.1 Å². The molecule has 9 nitrogen and oxygen atoms in total. The summed E-state index contributed by atoms with van der Waals surface area (Å²) in [6, 6.07) is 6.90. The number of carbonyl (C=O) groups excluding carboxylic acids is 1. The van der Waals surface area contributed by atoms with E-state index in [4.69, 9.17) is 4.74 Å². The third-order valence-electron chi connectivity index (χ3n) is 7.43. The Labute approximate surface area is 287 Å². The van der Waals surface area contributed by atoms with Gasteiger partial charge in [-0.05, 0) is 79.8 Å². The Bertz CT molecular complexity index is 1790. The first-order valence-corrected chi connectivity index (χ1v) is 15.1. The van der Waals surface area contributed by atoms with Crippen molar-refractivity contribution in [1.82, 2.24) is 20.2 Å². The van der Waals surface area contributed by atoms with E-state index in [1.54, 1.807) is 19.2 Å². The van der Waals surface area contributed by atoms with E-state index in [-0.39, 0.29) is 47.1 Å². The van der Waals surface area contributed by atoms with Crippen LogP contribution >= 0.6 is 0 Å². The number of hydrogen-bond acceptors (Lipinski definition) is 8. The number of fused-ring (bicyclic) bond motifs is 1. The summed E-state index contributed by atoms with van der Waals surface area (Å²) in [6.45, 7) is 7.42. The second kappa shape index (κ2) is 15.9. The van der Waals surface area contributed by atoms with Crippen molar-refractivity contribution in [3.63, 3.8) is 0 Å². The van der Waals surface area contributed by atoms with Crippen LogP contribution in [0, 0.1) is 6.92 Å². The van der Waals surface area contributed by atoms with Gasteiger partial charge in [0.1, 0.15) is 11.3 Å². The van der Waals surface area contributed by atoms with Gasteiger partial charge in [-0.25, -0.2) is 4.79 Å². The number of nitrogens with zero attached hydrogens (tertiary/aromatic N) is 5. The maximum Gasteiger partial charge on any atom is 0.416 e. The van der Waals surface area contributed by atoms with Gasteiger partial charge in [0, 0.05) is 24.4 Å². The number of phenols is 1. The standard InChI is InChI=1S/C23H25F3N6O3.C10H10F6/c1-13-9-15-18(27-22-28-30-31(2)29-22)5-4-8-32(19(15)11-17(13)23(24,25)26)12-14-6-7-20(33)16(10-14)21(34)35-3;1-6(2)4-8(10(14,15)16)5-7(3)9(11,12)13/h6-7,9-11,18,33H,4-5,8,12H2,1-3H3,(H,27,29);4-5H,3H2,1-2H3/b;8-5+. The number of hydrogen-bond donors (Lipinski definition) is 2. The van der Waals surface area contributed by atoms with Gasteiger partial charge in [0.25, 0.3) is 5.95 Å². The minimum Gasteiger partial charge on any atom is -0.507 e. The van der Waals surface area contributed by atoms with Crippen molar-refractivity contribution in [2.45, 2.75) is 64.7 Å². The molecule has 2 aromatic carbocycles. The predicted octanol–water partition coefficient (Wildman–Crippen LogP) is 8.54. The molecule has 0 bridgehead atoms. The van der Waals surface area contributed by atoms with Gasteiger partial charge in [-0.3, -0.25) is 0 Å². The van der Waals surface area contributed by atoms with Crippen LogP contribution in [0.1, 0.15) is 65.3 Å². The molecule has 0 spiro atoms. The average Bonchev–Trinajstić information content (AvgIpc) is 3.35. The summed E-state index contributed by atoms with van der Waals surface area (Å²) in [7, 11) is 2.83. The van der Waals surface area contributed by atoms with Gasteiger partial charge in [0.15, 0.2) is 0 Å². The third-order valence-corrected chi connectivity index (χ3v) is 7.43. The number of tetrazole rings is 1. The number of anilines is 2. The van der Waals surface area contributed by atoms with E-state index in [1.807, 2.05) is 4.90 Å². The van der Waals surface area contributed by atoms with Crippen LogP contribution in [0.15, 0.2) is 65.8 Å². The highest BCUT2D eigenvalue weighted by atomic mass is 19.4. The highest BCUT2D eigenvalue weighted by molar-refractivity contribution is 5.92. The predicted molar refractivity (Wildman–Crippen MR) is 170 cm³/mol. The Morgan fingerprint density at radius 1 is 1.06 bits per heavy atom. The Morgan fingerprint density at radius 2 is 1.73 bits per heavy atom. The van der Waals surface area contributed by atoms with E-state index in [0.29, 0.717) is 42.3 Å². The van der Waals surface area contributed by atoms with Crippen molar-refractivity contribution in [3.8, 4) is 5.75 Å². The molecule has 3 aromatic rings. The Morgan fingerprint density at radius 3 is 2.25 bits per heavy atom. The minimum atomic E-state index is -4.86. The lowest BCUT2D eigenvalue weighted by molar-refractivity contribution is -0.138. The van der Waals surface area contributed by atoms with Gasteiger partial charge in [-0.15, -0.1) is 5.10 Å². The molecule has 2 heterocycles. The number of aromatic hydroxyl groups is 1. The largest absolute Gasteiger partial charge is 0.507 e. The van der Waals surface area contributed by atoms with Crippen LogP contribution in [0.25, 0.3) is 0 Å². The lowest BCUT2D eigenvalue weighted by Crippen LogP contribution is -2.25. The van der Waals surface area contributed by atoms with Crippen molar-refractivity contribution in [2.24, 2.45) is 7.05 Å². The van der Waals surface area contributed by atoms with Crippen molar-refractivity contribution >= 4 is 17.6 Å². The maximum absolute atomic E-state index is 13.8. The summed E-state index contributed by atoms with van der Waals surface area (Å²) in [5.74, 6) is -0.639. The van der Waals surface area contributed by atoms with Crippen LogP contribution in [0.2, 0.25) is 0 Å². The summed E-state index contributed by atoms with van der Waals surface area (Å²) in [5, 5.41) is 25.1. The van der Waals surface area contributed by atoms with Gasteiger partial charge in [-0.1, -0.05) is 35.5 Å². The zero-order chi connectivity index (χ0) is 38.5. The quantitative estimate of drug-likeness (QED) is 0.141. The van der Waals surface area contributed by atoms with Gasteiger partial charge in [0.2, 0.25) is 0 Å². The fraction of sp³-hybridized carbons (Fsp3) is 0.394. The van der Waals surface area contributed by atoms with Crippen LogP contribution in [0.3, 0.4) is 0 Å². The Hall–Kier alpha value is -5.03. The van der Waals surface area contributed by atoms with E-state index >= 15 is 0 Å².